The Balaban J connectivity index is 1.51. The summed E-state index contributed by atoms with van der Waals surface area (Å²) in [6.07, 6.45) is -7.39. The second kappa shape index (κ2) is 18.1. The van der Waals surface area contributed by atoms with Crippen LogP contribution < -0.4 is 16.0 Å². The van der Waals surface area contributed by atoms with Gasteiger partial charge in [0.1, 0.15) is 30.9 Å². The molecule has 1 fully saturated rings. The third kappa shape index (κ3) is 10.6. The van der Waals surface area contributed by atoms with E-state index < -0.39 is 66.6 Å². The number of rotatable bonds is 14. The molecule has 3 aromatic carbocycles. The highest BCUT2D eigenvalue weighted by molar-refractivity contribution is 5.88. The Morgan fingerprint density at radius 3 is 1.94 bits per heavy atom. The fourth-order valence-electron chi connectivity index (χ4n) is 5.27. The smallest absolute Gasteiger partial charge is 0.408 e. The molecule has 0 aromatic heterocycles. The lowest BCUT2D eigenvalue weighted by molar-refractivity contribution is -0.263. The minimum atomic E-state index is -1.86. The molecule has 49 heavy (non-hydrogen) atoms. The molecule has 13 heteroatoms. The van der Waals surface area contributed by atoms with Gasteiger partial charge in [-0.05, 0) is 29.0 Å². The van der Waals surface area contributed by atoms with Gasteiger partial charge in [-0.15, -0.1) is 0 Å². The zero-order valence-electron chi connectivity index (χ0n) is 27.6. The second-order valence-electron chi connectivity index (χ2n) is 12.0. The van der Waals surface area contributed by atoms with Crippen molar-refractivity contribution in [2.24, 2.45) is 5.92 Å². The Bertz CT molecular complexity index is 1510. The van der Waals surface area contributed by atoms with Crippen molar-refractivity contribution in [1.82, 2.24) is 16.0 Å². The van der Waals surface area contributed by atoms with E-state index in [0.29, 0.717) is 5.56 Å². The number of carbonyl (C=O) groups excluding carboxylic acids is 4. The number of alkyl carbamates (subject to hydrolysis) is 1. The fourth-order valence-corrected chi connectivity index (χ4v) is 5.27. The molecule has 0 radical (unpaired) electrons. The molecule has 1 aliphatic rings. The third-order valence-corrected chi connectivity index (χ3v) is 7.81. The van der Waals surface area contributed by atoms with E-state index in [9.17, 15) is 29.4 Å². The van der Waals surface area contributed by atoms with Crippen LogP contribution in [0.3, 0.4) is 0 Å². The Morgan fingerprint density at radius 2 is 1.37 bits per heavy atom. The van der Waals surface area contributed by atoms with Gasteiger partial charge in [0, 0.05) is 0 Å². The molecule has 3 aromatic rings. The van der Waals surface area contributed by atoms with Gasteiger partial charge in [-0.2, -0.15) is 0 Å². The maximum Gasteiger partial charge on any atom is 0.408 e. The summed E-state index contributed by atoms with van der Waals surface area (Å²) in [7, 11) is 1.17. The van der Waals surface area contributed by atoms with Gasteiger partial charge in [0.05, 0.1) is 13.7 Å². The largest absolute Gasteiger partial charge is 0.467 e. The number of methoxy groups -OCH3 is 1. The number of benzene rings is 3. The Hall–Kier alpha value is -4.82. The van der Waals surface area contributed by atoms with Gasteiger partial charge < -0.3 is 45.1 Å². The number of esters is 1. The average Bonchev–Trinajstić information content (AvgIpc) is 3.11. The maximum atomic E-state index is 13.6. The predicted molar refractivity (Wildman–Crippen MR) is 176 cm³/mol. The van der Waals surface area contributed by atoms with E-state index in [0.717, 1.165) is 11.1 Å². The number of aliphatic hydroxyl groups is 2. The van der Waals surface area contributed by atoms with Gasteiger partial charge in [-0.25, -0.2) is 9.59 Å². The Kier molecular flexibility index (Phi) is 13.7. The second-order valence-corrected chi connectivity index (χ2v) is 12.0. The first kappa shape index (κ1) is 37.0. The van der Waals surface area contributed by atoms with Gasteiger partial charge in [-0.3, -0.25) is 9.59 Å². The molecule has 3 amide bonds. The van der Waals surface area contributed by atoms with Crippen LogP contribution in [0.2, 0.25) is 0 Å². The van der Waals surface area contributed by atoms with Crippen molar-refractivity contribution in [2.75, 3.05) is 7.11 Å². The SMILES string of the molecule is COC(=O)[C@@H](NC(=O)[C@H]1O[C@H](OCc2ccccc2)[C@H](NC(=O)[C@H](CC(C)C)NC(=O)OCc2ccccc2)[C@@H](O)[C@H]1O)c1ccccc1. The topological polar surface area (TPSA) is 182 Å². The van der Waals surface area contributed by atoms with Crippen LogP contribution in [0.25, 0.3) is 0 Å². The average molecular weight is 678 g/mol. The standard InChI is InChI=1S/C36H43N3O10/c1-22(2)19-26(37-36(45)48-21-24-15-9-5-10-16-24)32(42)39-28-29(40)30(41)31(49-35(28)47-20-23-13-7-4-8-14-23)33(43)38-27(34(44)46-3)25-17-11-6-12-18-25/h4-18,22,26-31,35,40-41H,19-21H2,1-3H3,(H,37,45)(H,38,43)(H,39,42)/t26-,27-,28+,29+,30+,31-,35-/m0/s1. The summed E-state index contributed by atoms with van der Waals surface area (Å²) in [5, 5.41) is 30.2. The highest BCUT2D eigenvalue weighted by Crippen LogP contribution is 2.25. The number of hydrogen-bond donors (Lipinski definition) is 5. The van der Waals surface area contributed by atoms with Gasteiger partial charge in [0.2, 0.25) is 5.91 Å². The molecule has 0 unspecified atom stereocenters. The minimum Gasteiger partial charge on any atom is -0.467 e. The van der Waals surface area contributed by atoms with Crippen LogP contribution >= 0.6 is 0 Å². The minimum absolute atomic E-state index is 0.00990. The molecule has 7 atom stereocenters. The summed E-state index contributed by atoms with van der Waals surface area (Å²) < 4.78 is 22.1. The Morgan fingerprint density at radius 1 is 0.796 bits per heavy atom. The van der Waals surface area contributed by atoms with E-state index in [2.05, 4.69) is 16.0 Å². The molecule has 4 rings (SSSR count). The molecular formula is C36H43N3O10. The number of nitrogens with one attached hydrogen (secondary N) is 3. The van der Waals surface area contributed by atoms with Crippen molar-refractivity contribution < 1.29 is 48.3 Å². The van der Waals surface area contributed by atoms with Crippen molar-refractivity contribution in [2.45, 2.75) is 76.2 Å². The molecule has 0 aliphatic carbocycles. The molecule has 5 N–H and O–H groups in total. The van der Waals surface area contributed by atoms with Crippen molar-refractivity contribution >= 4 is 23.9 Å². The first-order valence-electron chi connectivity index (χ1n) is 15.9. The molecule has 13 nitrogen and oxygen atoms in total. The fraction of sp³-hybridized carbons (Fsp3) is 0.389. The van der Waals surface area contributed by atoms with Crippen LogP contribution in [0.5, 0.6) is 0 Å². The number of hydrogen-bond acceptors (Lipinski definition) is 10. The van der Waals surface area contributed by atoms with Gasteiger partial charge in [-0.1, -0.05) is 105 Å². The molecule has 262 valence electrons. The normalized spacial score (nSPS) is 21.6. The van der Waals surface area contributed by atoms with Crippen molar-refractivity contribution in [3.63, 3.8) is 0 Å². The molecule has 0 spiro atoms. The number of amides is 3. The lowest BCUT2D eigenvalue weighted by Gasteiger charge is -2.42. The summed E-state index contributed by atoms with van der Waals surface area (Å²) in [6, 6.07) is 22.7. The van der Waals surface area contributed by atoms with Gasteiger partial charge in [0.25, 0.3) is 5.91 Å². The van der Waals surface area contributed by atoms with Crippen LogP contribution in [0.4, 0.5) is 4.79 Å². The maximum absolute atomic E-state index is 13.6. The van der Waals surface area contributed by atoms with Gasteiger partial charge >= 0.3 is 12.1 Å². The first-order valence-corrected chi connectivity index (χ1v) is 15.9. The first-order chi connectivity index (χ1) is 23.6. The highest BCUT2D eigenvalue weighted by atomic mass is 16.7. The highest BCUT2D eigenvalue weighted by Gasteiger charge is 2.49. The van der Waals surface area contributed by atoms with Gasteiger partial charge in [0.15, 0.2) is 18.4 Å². The van der Waals surface area contributed by atoms with Crippen LogP contribution in [-0.2, 0) is 46.5 Å². The van der Waals surface area contributed by atoms with Crippen molar-refractivity contribution in [3.8, 4) is 0 Å². The summed E-state index contributed by atoms with van der Waals surface area (Å²) >= 11 is 0. The predicted octanol–water partition coefficient (Wildman–Crippen LogP) is 2.51. The van der Waals surface area contributed by atoms with Crippen LogP contribution in [0.1, 0.15) is 43.0 Å². The number of aliphatic hydroxyl groups excluding tert-OH is 2. The summed E-state index contributed by atoms with van der Waals surface area (Å²) in [6.45, 7) is 3.69. The summed E-state index contributed by atoms with van der Waals surface area (Å²) in [5.74, 6) is -2.42. The van der Waals surface area contributed by atoms with Crippen LogP contribution in [-0.4, -0.2) is 77.9 Å². The number of carbonyl (C=O) groups is 4. The monoisotopic (exact) mass is 677 g/mol. The number of ether oxygens (including phenoxy) is 4. The van der Waals surface area contributed by atoms with E-state index in [4.69, 9.17) is 18.9 Å². The van der Waals surface area contributed by atoms with Crippen molar-refractivity contribution in [3.05, 3.63) is 108 Å². The summed E-state index contributed by atoms with van der Waals surface area (Å²) in [4.78, 5) is 52.4. The zero-order chi connectivity index (χ0) is 35.3. The van der Waals surface area contributed by atoms with Crippen LogP contribution in [0.15, 0.2) is 91.0 Å². The molecule has 0 saturated carbocycles. The molecule has 1 saturated heterocycles. The van der Waals surface area contributed by atoms with Crippen molar-refractivity contribution in [1.29, 1.82) is 0 Å². The van der Waals surface area contributed by atoms with E-state index >= 15 is 0 Å². The third-order valence-electron chi connectivity index (χ3n) is 7.81. The molecule has 1 aliphatic heterocycles. The summed E-state index contributed by atoms with van der Waals surface area (Å²) in [5.41, 5.74) is 1.91. The molecule has 0 bridgehead atoms. The Labute approximate surface area is 284 Å². The quantitative estimate of drug-likeness (QED) is 0.159. The zero-order valence-corrected chi connectivity index (χ0v) is 27.6. The lowest BCUT2D eigenvalue weighted by atomic mass is 9.94. The molecule has 1 heterocycles. The van der Waals surface area contributed by atoms with E-state index in [1.807, 2.05) is 38.1 Å². The van der Waals surface area contributed by atoms with E-state index in [-0.39, 0.29) is 25.6 Å². The van der Waals surface area contributed by atoms with E-state index in [1.54, 1.807) is 66.7 Å². The van der Waals surface area contributed by atoms with E-state index in [1.165, 1.54) is 7.11 Å². The van der Waals surface area contributed by atoms with Crippen LogP contribution in [0, 0.1) is 5.92 Å². The molecular weight excluding hydrogens is 634 g/mol. The lowest BCUT2D eigenvalue weighted by Crippen LogP contribution is -2.68.